The molecule has 16 heavy (non-hydrogen) atoms. The molecule has 0 aromatic heterocycles. The molecule has 1 N–H and O–H groups in total. The summed E-state index contributed by atoms with van der Waals surface area (Å²) in [6.07, 6.45) is 1.81. The molecule has 5 heteroatoms. The first-order valence-corrected chi connectivity index (χ1v) is 4.84. The predicted molar refractivity (Wildman–Crippen MR) is 66.4 cm³/mol. The number of likely N-dealkylation sites (tertiary alicyclic amines) is 1. The van der Waals surface area contributed by atoms with Gasteiger partial charge in [-0.25, -0.2) is 4.79 Å². The lowest BCUT2D eigenvalue weighted by Crippen LogP contribution is -2.23. The average molecular weight is 231 g/mol. The zero-order valence-electron chi connectivity index (χ0n) is 8.75. The maximum absolute atomic E-state index is 10.5. The van der Waals surface area contributed by atoms with Gasteiger partial charge < -0.3 is 15.1 Å². The van der Waals surface area contributed by atoms with Gasteiger partial charge in [0.15, 0.2) is 0 Å². The van der Waals surface area contributed by atoms with Crippen molar-refractivity contribution in [2.75, 3.05) is 33.7 Å². The summed E-state index contributed by atoms with van der Waals surface area (Å²) in [4.78, 5) is 24.3. The smallest absolute Gasteiger partial charge is 0.317 e. The highest BCUT2D eigenvalue weighted by Crippen LogP contribution is 2.04. The number of carbonyl (C=O) groups is 2. The third-order valence-electron chi connectivity index (χ3n) is 2.38. The number of carbonyl (C=O) groups excluding carboxylic acids is 2. The topological polar surface area (TPSA) is 52.7 Å². The van der Waals surface area contributed by atoms with E-state index in [-0.39, 0.29) is 20.9 Å². The molecule has 0 unspecified atom stereocenters. The Hall–Kier alpha value is -1.26. The minimum atomic E-state index is 0. The summed E-state index contributed by atoms with van der Waals surface area (Å²) in [5.41, 5.74) is 0. The molecule has 0 aromatic rings. The highest BCUT2D eigenvalue weighted by molar-refractivity contribution is 5.77. The lowest BCUT2D eigenvalue weighted by Gasteiger charge is -2.03. The van der Waals surface area contributed by atoms with Crippen molar-refractivity contribution in [3.8, 4) is 0 Å². The van der Waals surface area contributed by atoms with E-state index < -0.39 is 0 Å². The number of likely N-dealkylation sites (N-methyl/N-ethyl adjacent to an activating group) is 1. The molecule has 0 atom stereocenters. The second kappa shape index (κ2) is 7.96. The average Bonchev–Trinajstić information content (AvgIpc) is 2.67. The largest absolute Gasteiger partial charge is 0.346 e. The van der Waals surface area contributed by atoms with E-state index in [2.05, 4.69) is 5.32 Å². The Labute approximate surface area is 98.8 Å². The number of hydrogen-bond donors (Lipinski definition) is 1. The second-order valence-corrected chi connectivity index (χ2v) is 3.57. The van der Waals surface area contributed by atoms with Gasteiger partial charge in [0.25, 0.3) is 0 Å². The molecule has 3 amide bonds. The third kappa shape index (κ3) is 5.00. The quantitative estimate of drug-likeness (QED) is 0.680. The lowest BCUT2D eigenvalue weighted by molar-refractivity contribution is -0.126. The molecule has 2 rings (SSSR count). The summed E-state index contributed by atoms with van der Waals surface area (Å²) in [5.74, 6) is 0.292. The van der Waals surface area contributed by atoms with Gasteiger partial charge in [0, 0.05) is 40.2 Å². The van der Waals surface area contributed by atoms with Crippen LogP contribution in [-0.4, -0.2) is 55.5 Å². The van der Waals surface area contributed by atoms with Crippen molar-refractivity contribution in [1.82, 2.24) is 15.1 Å². The summed E-state index contributed by atoms with van der Waals surface area (Å²) in [7, 11) is 3.62. The van der Waals surface area contributed by atoms with E-state index in [0.29, 0.717) is 5.91 Å². The standard InChI is InChI=1S/C5H9NO.C4H8N2O.2CH4/c1-6-4-2-3-5(6)7;1-6-3-2-5-4(6)7;;/h2-4H2,1H3;2-3H2,1H3,(H,5,7);2*1H4. The Morgan fingerprint density at radius 2 is 1.69 bits per heavy atom. The van der Waals surface area contributed by atoms with Crippen LogP contribution in [0.4, 0.5) is 4.79 Å². The Morgan fingerprint density at radius 3 is 1.81 bits per heavy atom. The lowest BCUT2D eigenvalue weighted by atomic mass is 10.4. The van der Waals surface area contributed by atoms with E-state index in [1.807, 2.05) is 7.05 Å². The molecule has 2 aliphatic heterocycles. The van der Waals surface area contributed by atoms with Crippen LogP contribution in [0.2, 0.25) is 0 Å². The van der Waals surface area contributed by atoms with Crippen molar-refractivity contribution in [2.24, 2.45) is 0 Å². The van der Waals surface area contributed by atoms with Crippen LogP contribution in [0.25, 0.3) is 0 Å². The summed E-state index contributed by atoms with van der Waals surface area (Å²) in [5, 5.41) is 2.66. The monoisotopic (exact) mass is 231 g/mol. The van der Waals surface area contributed by atoms with Crippen molar-refractivity contribution < 1.29 is 9.59 Å². The zero-order valence-corrected chi connectivity index (χ0v) is 8.75. The van der Waals surface area contributed by atoms with Crippen LogP contribution in [0, 0.1) is 0 Å². The van der Waals surface area contributed by atoms with Crippen LogP contribution in [0.1, 0.15) is 27.7 Å². The Morgan fingerprint density at radius 1 is 1.06 bits per heavy atom. The highest BCUT2D eigenvalue weighted by atomic mass is 16.2. The van der Waals surface area contributed by atoms with E-state index in [4.69, 9.17) is 0 Å². The second-order valence-electron chi connectivity index (χ2n) is 3.57. The van der Waals surface area contributed by atoms with Gasteiger partial charge in [-0.2, -0.15) is 0 Å². The number of urea groups is 1. The fraction of sp³-hybridized carbons (Fsp3) is 0.818. The molecule has 0 aliphatic carbocycles. The van der Waals surface area contributed by atoms with Gasteiger partial charge in [0.05, 0.1) is 0 Å². The maximum Gasteiger partial charge on any atom is 0.317 e. The SMILES string of the molecule is C.C.CN1CCCC1=O.CN1CCNC1=O. The van der Waals surface area contributed by atoms with Crippen LogP contribution >= 0.6 is 0 Å². The molecule has 96 valence electrons. The van der Waals surface area contributed by atoms with Crippen molar-refractivity contribution in [3.63, 3.8) is 0 Å². The fourth-order valence-corrected chi connectivity index (χ4v) is 1.35. The minimum Gasteiger partial charge on any atom is -0.346 e. The Bertz CT molecular complexity index is 207. The fourth-order valence-electron chi connectivity index (χ4n) is 1.35. The van der Waals surface area contributed by atoms with Crippen LogP contribution < -0.4 is 5.32 Å². The number of rotatable bonds is 0. The zero-order chi connectivity index (χ0) is 10.6. The first kappa shape index (κ1) is 17.1. The Balaban J connectivity index is 0. The normalized spacial score (nSPS) is 18.1. The number of nitrogens with zero attached hydrogens (tertiary/aromatic N) is 2. The summed E-state index contributed by atoms with van der Waals surface area (Å²) < 4.78 is 0. The summed E-state index contributed by atoms with van der Waals surface area (Å²) in [6, 6.07) is 0.0417. The molecule has 2 saturated heterocycles. The van der Waals surface area contributed by atoms with Crippen LogP contribution in [0.5, 0.6) is 0 Å². The molecule has 0 radical (unpaired) electrons. The van der Waals surface area contributed by atoms with Crippen molar-refractivity contribution in [2.45, 2.75) is 27.7 Å². The number of nitrogens with one attached hydrogen (secondary N) is 1. The van der Waals surface area contributed by atoms with Crippen LogP contribution in [0.3, 0.4) is 0 Å². The first-order valence-electron chi connectivity index (χ1n) is 4.84. The van der Waals surface area contributed by atoms with Gasteiger partial charge in [-0.15, -0.1) is 0 Å². The number of hydrogen-bond acceptors (Lipinski definition) is 2. The molecule has 2 fully saturated rings. The van der Waals surface area contributed by atoms with Gasteiger partial charge in [-0.05, 0) is 6.42 Å². The molecule has 0 saturated carbocycles. The van der Waals surface area contributed by atoms with Gasteiger partial charge >= 0.3 is 6.03 Å². The molecular formula is C11H25N3O2. The van der Waals surface area contributed by atoms with Gasteiger partial charge in [0.2, 0.25) is 5.91 Å². The highest BCUT2D eigenvalue weighted by Gasteiger charge is 2.14. The van der Waals surface area contributed by atoms with Gasteiger partial charge in [0.1, 0.15) is 0 Å². The molecule has 2 aliphatic rings. The maximum atomic E-state index is 10.5. The molecule has 2 heterocycles. The molecule has 5 nitrogen and oxygen atoms in total. The summed E-state index contributed by atoms with van der Waals surface area (Å²) in [6.45, 7) is 2.60. The molecule has 0 aromatic carbocycles. The Kier molecular flexibility index (Phi) is 8.53. The van der Waals surface area contributed by atoms with Crippen molar-refractivity contribution in [1.29, 1.82) is 0 Å². The summed E-state index contributed by atoms with van der Waals surface area (Å²) >= 11 is 0. The minimum absolute atomic E-state index is 0. The molecule has 0 spiro atoms. The van der Waals surface area contributed by atoms with E-state index in [1.54, 1.807) is 16.8 Å². The van der Waals surface area contributed by atoms with E-state index in [9.17, 15) is 9.59 Å². The van der Waals surface area contributed by atoms with Crippen molar-refractivity contribution >= 4 is 11.9 Å². The molecular weight excluding hydrogens is 206 g/mol. The van der Waals surface area contributed by atoms with E-state index in [0.717, 1.165) is 32.5 Å². The van der Waals surface area contributed by atoms with Crippen molar-refractivity contribution in [3.05, 3.63) is 0 Å². The predicted octanol–water partition coefficient (Wildman–Crippen LogP) is 1.15. The van der Waals surface area contributed by atoms with Gasteiger partial charge in [-0.1, -0.05) is 14.9 Å². The van der Waals surface area contributed by atoms with Gasteiger partial charge in [-0.3, -0.25) is 4.79 Å². The van der Waals surface area contributed by atoms with E-state index >= 15 is 0 Å². The third-order valence-corrected chi connectivity index (χ3v) is 2.38. The van der Waals surface area contributed by atoms with Crippen LogP contribution in [-0.2, 0) is 4.79 Å². The molecule has 0 bridgehead atoms. The van der Waals surface area contributed by atoms with Crippen LogP contribution in [0.15, 0.2) is 0 Å². The number of amides is 3. The van der Waals surface area contributed by atoms with E-state index in [1.165, 1.54) is 0 Å². The first-order chi connectivity index (χ1) is 6.61.